The van der Waals surface area contributed by atoms with Crippen LogP contribution in [0.3, 0.4) is 0 Å². The van der Waals surface area contributed by atoms with Crippen molar-refractivity contribution < 1.29 is 14.3 Å². The Labute approximate surface area is 109 Å². The monoisotopic (exact) mass is 252 g/mol. The molecule has 0 bridgehead atoms. The normalized spacial score (nSPS) is 52.2. The highest BCUT2D eigenvalue weighted by Gasteiger charge is 2.52. The van der Waals surface area contributed by atoms with Crippen molar-refractivity contribution in [1.82, 2.24) is 0 Å². The summed E-state index contributed by atoms with van der Waals surface area (Å²) in [5, 5.41) is 0. The number of carbonyl (C=O) groups is 1. The highest BCUT2D eigenvalue weighted by molar-refractivity contribution is 5.73. The van der Waals surface area contributed by atoms with Crippen LogP contribution in [-0.2, 0) is 14.3 Å². The average molecular weight is 252 g/mol. The summed E-state index contributed by atoms with van der Waals surface area (Å²) >= 11 is 0. The molecule has 7 atom stereocenters. The summed E-state index contributed by atoms with van der Waals surface area (Å²) in [6, 6.07) is 0. The number of ether oxygens (including phenoxy) is 2. The fourth-order valence-corrected chi connectivity index (χ4v) is 4.34. The molecule has 3 unspecified atom stereocenters. The van der Waals surface area contributed by atoms with E-state index < -0.39 is 0 Å². The van der Waals surface area contributed by atoms with E-state index >= 15 is 0 Å². The first-order valence-corrected chi connectivity index (χ1v) is 7.44. The SMILES string of the molecule is C[C@@H]1CCC2C3C1CC[C@H](C)O[C@H]3OC(=O)[C@@H]2C. The molecule has 3 nitrogen and oxygen atoms in total. The van der Waals surface area contributed by atoms with Gasteiger partial charge < -0.3 is 9.47 Å². The van der Waals surface area contributed by atoms with Gasteiger partial charge in [-0.1, -0.05) is 20.3 Å². The van der Waals surface area contributed by atoms with E-state index in [1.54, 1.807) is 0 Å². The van der Waals surface area contributed by atoms with Crippen molar-refractivity contribution in [2.24, 2.45) is 29.6 Å². The van der Waals surface area contributed by atoms with E-state index in [0.29, 0.717) is 17.8 Å². The van der Waals surface area contributed by atoms with Crippen LogP contribution in [0.5, 0.6) is 0 Å². The van der Waals surface area contributed by atoms with Crippen molar-refractivity contribution in [2.45, 2.75) is 58.8 Å². The number of esters is 1. The van der Waals surface area contributed by atoms with Crippen molar-refractivity contribution in [3.63, 3.8) is 0 Å². The maximum absolute atomic E-state index is 11.9. The first-order valence-electron chi connectivity index (χ1n) is 7.44. The van der Waals surface area contributed by atoms with Crippen LogP contribution in [0.25, 0.3) is 0 Å². The van der Waals surface area contributed by atoms with Crippen LogP contribution in [0.15, 0.2) is 0 Å². The molecule has 3 aliphatic rings. The van der Waals surface area contributed by atoms with Gasteiger partial charge in [0.25, 0.3) is 0 Å². The summed E-state index contributed by atoms with van der Waals surface area (Å²) in [5.41, 5.74) is 0. The quantitative estimate of drug-likeness (QED) is 0.622. The van der Waals surface area contributed by atoms with Gasteiger partial charge in [-0.3, -0.25) is 4.79 Å². The van der Waals surface area contributed by atoms with E-state index in [2.05, 4.69) is 13.8 Å². The molecule has 0 amide bonds. The van der Waals surface area contributed by atoms with Gasteiger partial charge in [-0.15, -0.1) is 0 Å². The Morgan fingerprint density at radius 2 is 1.72 bits per heavy atom. The van der Waals surface area contributed by atoms with E-state index in [4.69, 9.17) is 9.47 Å². The summed E-state index contributed by atoms with van der Waals surface area (Å²) in [4.78, 5) is 11.9. The summed E-state index contributed by atoms with van der Waals surface area (Å²) < 4.78 is 11.6. The molecule has 18 heavy (non-hydrogen) atoms. The molecule has 2 aliphatic heterocycles. The van der Waals surface area contributed by atoms with Crippen LogP contribution in [0, 0.1) is 29.6 Å². The maximum atomic E-state index is 11.9. The summed E-state index contributed by atoms with van der Waals surface area (Å²) in [7, 11) is 0. The molecular weight excluding hydrogens is 228 g/mol. The molecule has 0 spiro atoms. The number of hydrogen-bond acceptors (Lipinski definition) is 3. The third kappa shape index (κ3) is 1.87. The van der Waals surface area contributed by atoms with Crippen LogP contribution in [0.4, 0.5) is 0 Å². The fourth-order valence-electron chi connectivity index (χ4n) is 4.34. The van der Waals surface area contributed by atoms with Gasteiger partial charge >= 0.3 is 5.97 Å². The Kier molecular flexibility index (Phi) is 3.13. The minimum Gasteiger partial charge on any atom is -0.435 e. The summed E-state index contributed by atoms with van der Waals surface area (Å²) in [5.74, 6) is 2.33. The van der Waals surface area contributed by atoms with E-state index in [-0.39, 0.29) is 24.3 Å². The summed E-state index contributed by atoms with van der Waals surface area (Å²) in [6.45, 7) is 6.49. The molecule has 3 fully saturated rings. The molecule has 0 aromatic carbocycles. The molecule has 3 rings (SSSR count). The largest absolute Gasteiger partial charge is 0.435 e. The Balaban J connectivity index is 1.92. The minimum absolute atomic E-state index is 0.0522. The topological polar surface area (TPSA) is 35.5 Å². The highest BCUT2D eigenvalue weighted by Crippen LogP contribution is 2.50. The van der Waals surface area contributed by atoms with Gasteiger partial charge in [0, 0.05) is 5.92 Å². The molecule has 1 aliphatic carbocycles. The van der Waals surface area contributed by atoms with Crippen molar-refractivity contribution >= 4 is 5.97 Å². The zero-order valence-electron chi connectivity index (χ0n) is 11.6. The molecule has 102 valence electrons. The lowest BCUT2D eigenvalue weighted by atomic mass is 9.61. The van der Waals surface area contributed by atoms with Crippen molar-refractivity contribution in [3.8, 4) is 0 Å². The average Bonchev–Trinajstić information content (AvgIpc) is 2.49. The molecule has 2 heterocycles. The standard InChI is InChI=1S/C15H24O3/c1-8-4-6-12-10(3)14(16)18-15-13(12)11(8)7-5-9(2)17-15/h8-13,15H,4-7H2,1-3H3/t8-,9+,10-,11?,12?,13?,15+/m1/s1. The molecule has 0 radical (unpaired) electrons. The Morgan fingerprint density at radius 1 is 1.00 bits per heavy atom. The van der Waals surface area contributed by atoms with Crippen LogP contribution in [0.2, 0.25) is 0 Å². The minimum atomic E-state index is -0.274. The smallest absolute Gasteiger partial charge is 0.311 e. The predicted octanol–water partition coefficient (Wildman–Crippen LogP) is 2.98. The van der Waals surface area contributed by atoms with Crippen LogP contribution in [-0.4, -0.2) is 18.4 Å². The van der Waals surface area contributed by atoms with E-state index in [1.165, 1.54) is 12.8 Å². The molecule has 0 aromatic heterocycles. The van der Waals surface area contributed by atoms with Gasteiger partial charge in [0.15, 0.2) is 0 Å². The molecule has 0 aromatic rings. The molecule has 3 heteroatoms. The maximum Gasteiger partial charge on any atom is 0.311 e. The zero-order chi connectivity index (χ0) is 12.9. The van der Waals surface area contributed by atoms with Crippen LogP contribution in [0.1, 0.15) is 46.5 Å². The van der Waals surface area contributed by atoms with Gasteiger partial charge in [-0.05, 0) is 43.9 Å². The number of hydrogen-bond donors (Lipinski definition) is 0. The predicted molar refractivity (Wildman–Crippen MR) is 67.7 cm³/mol. The van der Waals surface area contributed by atoms with Gasteiger partial charge in [0.1, 0.15) is 0 Å². The Bertz CT molecular complexity index is 341. The second-order valence-corrected chi connectivity index (χ2v) is 6.58. The van der Waals surface area contributed by atoms with Crippen molar-refractivity contribution in [1.29, 1.82) is 0 Å². The van der Waals surface area contributed by atoms with E-state index in [1.807, 2.05) is 6.92 Å². The molecular formula is C15H24O3. The fraction of sp³-hybridized carbons (Fsp3) is 0.933. The van der Waals surface area contributed by atoms with E-state index in [0.717, 1.165) is 18.8 Å². The van der Waals surface area contributed by atoms with E-state index in [9.17, 15) is 4.79 Å². The van der Waals surface area contributed by atoms with Crippen molar-refractivity contribution in [2.75, 3.05) is 0 Å². The number of rotatable bonds is 0. The lowest BCUT2D eigenvalue weighted by Gasteiger charge is -2.48. The lowest BCUT2D eigenvalue weighted by molar-refractivity contribution is -0.240. The summed E-state index contributed by atoms with van der Waals surface area (Å²) in [6.07, 6.45) is 4.68. The second kappa shape index (κ2) is 4.52. The third-order valence-corrected chi connectivity index (χ3v) is 5.51. The first kappa shape index (κ1) is 12.5. The van der Waals surface area contributed by atoms with Crippen LogP contribution < -0.4 is 0 Å². The zero-order valence-corrected chi connectivity index (χ0v) is 11.6. The molecule has 2 saturated heterocycles. The number of carbonyl (C=O) groups excluding carboxylic acids is 1. The van der Waals surface area contributed by atoms with Gasteiger partial charge in [0.2, 0.25) is 6.29 Å². The second-order valence-electron chi connectivity index (χ2n) is 6.58. The van der Waals surface area contributed by atoms with Gasteiger partial charge in [-0.25, -0.2) is 0 Å². The molecule has 0 N–H and O–H groups in total. The highest BCUT2D eigenvalue weighted by atomic mass is 16.7. The van der Waals surface area contributed by atoms with Gasteiger partial charge in [0.05, 0.1) is 12.0 Å². The Hall–Kier alpha value is -0.570. The van der Waals surface area contributed by atoms with Gasteiger partial charge in [-0.2, -0.15) is 0 Å². The lowest BCUT2D eigenvalue weighted by Crippen LogP contribution is -2.51. The molecule has 1 saturated carbocycles. The van der Waals surface area contributed by atoms with Crippen LogP contribution >= 0.6 is 0 Å². The first-order chi connectivity index (χ1) is 8.58. The van der Waals surface area contributed by atoms with Crippen molar-refractivity contribution in [3.05, 3.63) is 0 Å². The third-order valence-electron chi connectivity index (χ3n) is 5.51. The Morgan fingerprint density at radius 3 is 2.50 bits per heavy atom.